The average molecular weight is 697 g/mol. The van der Waals surface area contributed by atoms with E-state index in [4.69, 9.17) is 28.4 Å². The molecule has 284 valence electrons. The van der Waals surface area contributed by atoms with Crippen LogP contribution in [0.4, 0.5) is 0 Å². The Hall–Kier alpha value is -0.400. The number of aliphatic hydroxyl groups is 4. The van der Waals surface area contributed by atoms with Gasteiger partial charge in [-0.3, -0.25) is 0 Å². The van der Waals surface area contributed by atoms with E-state index >= 15 is 0 Å². The number of rotatable bonds is 12. The molecule has 6 rings (SSSR count). The summed E-state index contributed by atoms with van der Waals surface area (Å²) < 4.78 is 36.7. The van der Waals surface area contributed by atoms with E-state index in [0.29, 0.717) is 35.0 Å². The van der Waals surface area contributed by atoms with Crippen LogP contribution in [0.5, 0.6) is 0 Å². The van der Waals surface area contributed by atoms with Crippen molar-refractivity contribution in [1.29, 1.82) is 0 Å². The van der Waals surface area contributed by atoms with Crippen molar-refractivity contribution in [3.63, 3.8) is 0 Å². The lowest BCUT2D eigenvalue weighted by Crippen LogP contribution is -2.61. The molecule has 49 heavy (non-hydrogen) atoms. The molecule has 0 aromatic rings. The summed E-state index contributed by atoms with van der Waals surface area (Å²) in [6, 6.07) is 0. The van der Waals surface area contributed by atoms with E-state index < -0.39 is 49.2 Å². The van der Waals surface area contributed by atoms with E-state index in [1.165, 1.54) is 58.5 Å². The molecule has 0 radical (unpaired) electrons. The summed E-state index contributed by atoms with van der Waals surface area (Å²) in [5.74, 6) is 3.72. The monoisotopic (exact) mass is 696 g/mol. The van der Waals surface area contributed by atoms with E-state index in [9.17, 15) is 20.4 Å². The van der Waals surface area contributed by atoms with Gasteiger partial charge in [-0.1, -0.05) is 53.4 Å². The lowest BCUT2D eigenvalue weighted by Gasteiger charge is -2.61. The second-order valence-corrected chi connectivity index (χ2v) is 17.5. The Balaban J connectivity index is 1.21. The Kier molecular flexibility index (Phi) is 12.4. The van der Waals surface area contributed by atoms with Crippen molar-refractivity contribution in [2.45, 2.75) is 173 Å². The quantitative estimate of drug-likeness (QED) is 0.211. The van der Waals surface area contributed by atoms with E-state index in [-0.39, 0.29) is 30.8 Å². The topological polar surface area (TPSA) is 136 Å². The van der Waals surface area contributed by atoms with Crippen LogP contribution in [0.1, 0.15) is 111 Å². The van der Waals surface area contributed by atoms with Crippen LogP contribution in [0.15, 0.2) is 0 Å². The van der Waals surface area contributed by atoms with E-state index in [0.717, 1.165) is 38.0 Å². The number of fused-ring (bicyclic) bond motifs is 5. The van der Waals surface area contributed by atoms with Crippen molar-refractivity contribution >= 4 is 0 Å². The number of unbranched alkanes of at least 4 members (excludes halogenated alkanes) is 1. The molecule has 4 saturated carbocycles. The highest BCUT2D eigenvalue weighted by atomic mass is 16.7. The van der Waals surface area contributed by atoms with E-state index in [1.807, 2.05) is 0 Å². The van der Waals surface area contributed by atoms with Crippen molar-refractivity contribution in [1.82, 2.24) is 0 Å². The molecular formula is C39H68O10. The zero-order valence-corrected chi connectivity index (χ0v) is 31.1. The molecule has 2 aliphatic heterocycles. The fourth-order valence-electron chi connectivity index (χ4n) is 11.8. The van der Waals surface area contributed by atoms with Crippen LogP contribution in [-0.4, -0.2) is 109 Å². The van der Waals surface area contributed by atoms with Crippen LogP contribution < -0.4 is 0 Å². The maximum atomic E-state index is 11.1. The Bertz CT molecular complexity index is 1060. The molecule has 6 aliphatic rings. The average Bonchev–Trinajstić information content (AvgIpc) is 3.37. The Morgan fingerprint density at radius 3 is 2.16 bits per heavy atom. The zero-order valence-electron chi connectivity index (χ0n) is 31.1. The fraction of sp³-hybridized carbons (Fsp3) is 1.00. The summed E-state index contributed by atoms with van der Waals surface area (Å²) in [4.78, 5) is 0. The van der Waals surface area contributed by atoms with Gasteiger partial charge in [0.05, 0.1) is 25.4 Å². The third kappa shape index (κ3) is 7.41. The van der Waals surface area contributed by atoms with E-state index in [2.05, 4.69) is 27.7 Å². The van der Waals surface area contributed by atoms with Crippen LogP contribution in [-0.2, 0) is 28.4 Å². The molecule has 4 aliphatic carbocycles. The van der Waals surface area contributed by atoms with Crippen molar-refractivity contribution in [2.75, 3.05) is 27.4 Å². The maximum Gasteiger partial charge on any atom is 0.187 e. The molecule has 4 N–H and O–H groups in total. The SMILES string of the molecule is CCC(C)CCCCC1C(OC2OCC(O)C(OC3OCC(O)C(O)[C@H]3OC)[C@H]2OC)CC2C3CCC4CC(O)CCC4(C)[C@H]3CCC12C. The van der Waals surface area contributed by atoms with Crippen molar-refractivity contribution in [2.24, 2.45) is 46.3 Å². The van der Waals surface area contributed by atoms with Gasteiger partial charge in [0.1, 0.15) is 36.6 Å². The largest absolute Gasteiger partial charge is 0.393 e. The number of hydrogen-bond donors (Lipinski definition) is 4. The standard InChI is InChI=1S/C39H68O10/c1-7-22(2)10-8-9-11-27-31(19-28-25-13-12-23-18-24(40)14-16-38(23,3)26(25)15-17-39(27,28)4)48-37-35(45-6)33(30(42)21-47-37)49-36-34(44-5)32(43)29(41)20-46-36/h22-37,40-43H,7-21H2,1-6H3/t22?,23?,24?,25?,26-,27?,28?,29?,30?,31?,32?,33?,34+,35+,36?,37?,38?,39?/m0/s1. The molecule has 2 heterocycles. The third-order valence-electron chi connectivity index (χ3n) is 15.0. The van der Waals surface area contributed by atoms with E-state index in [1.54, 1.807) is 7.11 Å². The third-order valence-corrected chi connectivity index (χ3v) is 15.0. The highest BCUT2D eigenvalue weighted by Gasteiger charge is 2.63. The fourth-order valence-corrected chi connectivity index (χ4v) is 11.8. The molecule has 10 nitrogen and oxygen atoms in total. The van der Waals surface area contributed by atoms with Gasteiger partial charge in [0, 0.05) is 14.2 Å². The minimum Gasteiger partial charge on any atom is -0.393 e. The highest BCUT2D eigenvalue weighted by molar-refractivity contribution is 5.11. The molecule has 15 unspecified atom stereocenters. The molecule has 0 spiro atoms. The van der Waals surface area contributed by atoms with Gasteiger partial charge in [-0.2, -0.15) is 0 Å². The van der Waals surface area contributed by atoms with Gasteiger partial charge in [0.2, 0.25) is 0 Å². The Labute approximate surface area is 294 Å². The van der Waals surface area contributed by atoms with Crippen LogP contribution in [0, 0.1) is 46.3 Å². The van der Waals surface area contributed by atoms with Gasteiger partial charge in [-0.05, 0) is 104 Å². The second kappa shape index (κ2) is 15.9. The normalized spacial score (nSPS) is 50.7. The van der Waals surface area contributed by atoms with Gasteiger partial charge >= 0.3 is 0 Å². The predicted molar refractivity (Wildman–Crippen MR) is 183 cm³/mol. The molecular weight excluding hydrogens is 628 g/mol. The number of hydrogen-bond acceptors (Lipinski definition) is 10. The molecule has 10 heteroatoms. The molecule has 0 aromatic carbocycles. The molecule has 0 bridgehead atoms. The van der Waals surface area contributed by atoms with Gasteiger partial charge in [0.25, 0.3) is 0 Å². The van der Waals surface area contributed by atoms with Gasteiger partial charge in [-0.25, -0.2) is 0 Å². The van der Waals surface area contributed by atoms with Gasteiger partial charge in [0.15, 0.2) is 12.6 Å². The van der Waals surface area contributed by atoms with Crippen LogP contribution in [0.2, 0.25) is 0 Å². The first-order chi connectivity index (χ1) is 23.4. The predicted octanol–water partition coefficient (Wildman–Crippen LogP) is 4.82. The minimum atomic E-state index is -1.18. The van der Waals surface area contributed by atoms with Gasteiger partial charge < -0.3 is 48.8 Å². The van der Waals surface area contributed by atoms with Gasteiger partial charge in [-0.15, -0.1) is 0 Å². The number of ether oxygens (including phenoxy) is 6. The summed E-state index contributed by atoms with van der Waals surface area (Å²) in [6.07, 6.45) is 7.40. The first-order valence-electron chi connectivity index (χ1n) is 19.8. The van der Waals surface area contributed by atoms with Crippen molar-refractivity contribution < 1.29 is 48.8 Å². The Morgan fingerprint density at radius 1 is 0.755 bits per heavy atom. The molecule has 0 aromatic heterocycles. The number of methoxy groups -OCH3 is 2. The first kappa shape index (κ1) is 38.3. The summed E-state index contributed by atoms with van der Waals surface area (Å²) in [6.45, 7) is 9.66. The smallest absolute Gasteiger partial charge is 0.187 e. The minimum absolute atomic E-state index is 0.00391. The summed E-state index contributed by atoms with van der Waals surface area (Å²) in [7, 11) is 3.02. The lowest BCUT2D eigenvalue weighted by atomic mass is 9.44. The van der Waals surface area contributed by atoms with Crippen LogP contribution in [0.3, 0.4) is 0 Å². The zero-order chi connectivity index (χ0) is 35.1. The first-order valence-corrected chi connectivity index (χ1v) is 19.8. The molecule has 18 atom stereocenters. The molecule has 2 saturated heterocycles. The second-order valence-electron chi connectivity index (χ2n) is 17.5. The maximum absolute atomic E-state index is 11.1. The van der Waals surface area contributed by atoms with Crippen LogP contribution in [0.25, 0.3) is 0 Å². The lowest BCUT2D eigenvalue weighted by molar-refractivity contribution is -0.344. The van der Waals surface area contributed by atoms with Crippen molar-refractivity contribution in [3.8, 4) is 0 Å². The number of aliphatic hydroxyl groups excluding tert-OH is 4. The summed E-state index contributed by atoms with van der Waals surface area (Å²) >= 11 is 0. The molecule has 0 amide bonds. The van der Waals surface area contributed by atoms with Crippen molar-refractivity contribution in [3.05, 3.63) is 0 Å². The molecule has 6 fully saturated rings. The summed E-state index contributed by atoms with van der Waals surface area (Å²) in [5, 5.41) is 42.3. The van der Waals surface area contributed by atoms with Crippen LogP contribution >= 0.6 is 0 Å². The Morgan fingerprint density at radius 2 is 1.45 bits per heavy atom. The summed E-state index contributed by atoms with van der Waals surface area (Å²) in [5.41, 5.74) is 0.498. The highest BCUT2D eigenvalue weighted by Crippen LogP contribution is 2.68.